The topological polar surface area (TPSA) is 44.4 Å². The molecule has 1 amide bonds. The Morgan fingerprint density at radius 1 is 1.20 bits per heavy atom. The van der Waals surface area contributed by atoms with Crippen molar-refractivity contribution in [1.29, 1.82) is 0 Å². The molecule has 0 heterocycles. The molecule has 2 aliphatic rings. The van der Waals surface area contributed by atoms with Crippen LogP contribution in [0.2, 0.25) is 0 Å². The van der Waals surface area contributed by atoms with Gasteiger partial charge in [-0.15, -0.1) is 0 Å². The zero-order chi connectivity index (χ0) is 14.6. The Morgan fingerprint density at radius 2 is 1.85 bits per heavy atom. The highest BCUT2D eigenvalue weighted by atomic mass is 16.2. The number of hydrogen-bond donors (Lipinski definition) is 2. The lowest BCUT2D eigenvalue weighted by atomic mass is 9.75. The van der Waals surface area contributed by atoms with Gasteiger partial charge in [0.1, 0.15) is 0 Å². The molecule has 2 rings (SSSR count). The SMILES string of the molecule is CC(NCC1(N(C)C)CCC1)C(=O)NC1CCCCC1. The Bertz CT molecular complexity index is 320. The van der Waals surface area contributed by atoms with Crippen molar-refractivity contribution in [2.75, 3.05) is 20.6 Å². The first kappa shape index (κ1) is 15.8. The number of nitrogens with zero attached hydrogens (tertiary/aromatic N) is 1. The van der Waals surface area contributed by atoms with Gasteiger partial charge in [0.05, 0.1) is 6.04 Å². The van der Waals surface area contributed by atoms with E-state index in [1.165, 1.54) is 38.5 Å². The fourth-order valence-electron chi connectivity index (χ4n) is 3.38. The Kier molecular flexibility index (Phi) is 5.44. The summed E-state index contributed by atoms with van der Waals surface area (Å²) < 4.78 is 0. The molecule has 0 bridgehead atoms. The molecule has 0 aliphatic heterocycles. The van der Waals surface area contributed by atoms with E-state index in [4.69, 9.17) is 0 Å². The first-order valence-electron chi connectivity index (χ1n) is 8.25. The van der Waals surface area contributed by atoms with Crippen LogP contribution in [-0.2, 0) is 4.79 Å². The zero-order valence-corrected chi connectivity index (χ0v) is 13.4. The summed E-state index contributed by atoms with van der Waals surface area (Å²) in [5.74, 6) is 0.171. The first-order chi connectivity index (χ1) is 9.53. The quantitative estimate of drug-likeness (QED) is 0.781. The molecule has 20 heavy (non-hydrogen) atoms. The average Bonchev–Trinajstić information content (AvgIpc) is 2.37. The second-order valence-electron chi connectivity index (χ2n) is 6.92. The van der Waals surface area contributed by atoms with Crippen LogP contribution in [0.3, 0.4) is 0 Å². The zero-order valence-electron chi connectivity index (χ0n) is 13.4. The summed E-state index contributed by atoms with van der Waals surface area (Å²) >= 11 is 0. The predicted molar refractivity (Wildman–Crippen MR) is 82.7 cm³/mol. The molecule has 0 radical (unpaired) electrons. The Morgan fingerprint density at radius 3 is 2.35 bits per heavy atom. The summed E-state index contributed by atoms with van der Waals surface area (Å²) in [5, 5.41) is 6.65. The maximum Gasteiger partial charge on any atom is 0.237 e. The molecule has 116 valence electrons. The van der Waals surface area contributed by atoms with E-state index in [9.17, 15) is 4.79 Å². The largest absolute Gasteiger partial charge is 0.352 e. The molecule has 2 fully saturated rings. The molecule has 4 nitrogen and oxygen atoms in total. The van der Waals surface area contributed by atoms with E-state index >= 15 is 0 Å². The summed E-state index contributed by atoms with van der Waals surface area (Å²) in [4.78, 5) is 14.5. The number of carbonyl (C=O) groups is 1. The summed E-state index contributed by atoms with van der Waals surface area (Å²) in [6.45, 7) is 2.90. The minimum atomic E-state index is -0.0886. The van der Waals surface area contributed by atoms with E-state index in [1.54, 1.807) is 0 Å². The summed E-state index contributed by atoms with van der Waals surface area (Å²) in [7, 11) is 4.29. The highest BCUT2D eigenvalue weighted by Gasteiger charge is 2.39. The van der Waals surface area contributed by atoms with Gasteiger partial charge in [-0.3, -0.25) is 4.79 Å². The van der Waals surface area contributed by atoms with Crippen LogP contribution in [0.15, 0.2) is 0 Å². The third kappa shape index (κ3) is 3.73. The van der Waals surface area contributed by atoms with E-state index in [2.05, 4.69) is 29.6 Å². The minimum absolute atomic E-state index is 0.0886. The highest BCUT2D eigenvalue weighted by Crippen LogP contribution is 2.35. The van der Waals surface area contributed by atoms with Crippen molar-refractivity contribution in [3.63, 3.8) is 0 Å². The van der Waals surface area contributed by atoms with Crippen LogP contribution in [0.1, 0.15) is 58.3 Å². The number of carbonyl (C=O) groups excluding carboxylic acids is 1. The number of amides is 1. The summed E-state index contributed by atoms with van der Waals surface area (Å²) in [6, 6.07) is 0.321. The number of hydrogen-bond acceptors (Lipinski definition) is 3. The molecule has 0 aromatic rings. The standard InChI is InChI=1S/C16H31N3O/c1-13(15(20)18-14-8-5-4-6-9-14)17-12-16(19(2)3)10-7-11-16/h13-14,17H,4-12H2,1-3H3,(H,18,20). The predicted octanol–water partition coefficient (Wildman–Crippen LogP) is 1.90. The molecule has 0 aromatic heterocycles. The third-order valence-corrected chi connectivity index (χ3v) is 5.32. The van der Waals surface area contributed by atoms with Crippen molar-refractivity contribution in [1.82, 2.24) is 15.5 Å². The molecule has 2 aliphatic carbocycles. The van der Waals surface area contributed by atoms with Gasteiger partial charge in [-0.05, 0) is 53.1 Å². The van der Waals surface area contributed by atoms with Crippen molar-refractivity contribution in [2.24, 2.45) is 0 Å². The van der Waals surface area contributed by atoms with E-state index < -0.39 is 0 Å². The minimum Gasteiger partial charge on any atom is -0.352 e. The van der Waals surface area contributed by atoms with Gasteiger partial charge >= 0.3 is 0 Å². The Labute approximate surface area is 123 Å². The van der Waals surface area contributed by atoms with Gasteiger partial charge in [-0.1, -0.05) is 19.3 Å². The third-order valence-electron chi connectivity index (χ3n) is 5.32. The monoisotopic (exact) mass is 281 g/mol. The van der Waals surface area contributed by atoms with Gasteiger partial charge in [0, 0.05) is 18.1 Å². The Hall–Kier alpha value is -0.610. The van der Waals surface area contributed by atoms with Crippen LogP contribution < -0.4 is 10.6 Å². The molecule has 2 saturated carbocycles. The van der Waals surface area contributed by atoms with Crippen LogP contribution in [-0.4, -0.2) is 49.1 Å². The second-order valence-corrected chi connectivity index (χ2v) is 6.92. The van der Waals surface area contributed by atoms with Crippen LogP contribution in [0.25, 0.3) is 0 Å². The van der Waals surface area contributed by atoms with E-state index in [0.717, 1.165) is 19.4 Å². The van der Waals surface area contributed by atoms with Crippen LogP contribution in [0, 0.1) is 0 Å². The maximum absolute atomic E-state index is 12.2. The Balaban J connectivity index is 1.73. The van der Waals surface area contributed by atoms with Crippen molar-refractivity contribution < 1.29 is 4.79 Å². The van der Waals surface area contributed by atoms with E-state index in [-0.39, 0.29) is 17.5 Å². The lowest BCUT2D eigenvalue weighted by molar-refractivity contribution is -0.123. The highest BCUT2D eigenvalue weighted by molar-refractivity contribution is 5.81. The smallest absolute Gasteiger partial charge is 0.237 e. The van der Waals surface area contributed by atoms with Crippen LogP contribution in [0.4, 0.5) is 0 Å². The van der Waals surface area contributed by atoms with E-state index in [0.29, 0.717) is 6.04 Å². The molecule has 0 aromatic carbocycles. The first-order valence-corrected chi connectivity index (χ1v) is 8.25. The maximum atomic E-state index is 12.2. The lowest BCUT2D eigenvalue weighted by Crippen LogP contribution is -2.59. The van der Waals surface area contributed by atoms with Crippen molar-refractivity contribution in [2.45, 2.75) is 75.9 Å². The van der Waals surface area contributed by atoms with Gasteiger partial charge in [0.2, 0.25) is 5.91 Å². The molecule has 0 saturated heterocycles. The fourth-order valence-corrected chi connectivity index (χ4v) is 3.38. The van der Waals surface area contributed by atoms with Crippen LogP contribution in [0.5, 0.6) is 0 Å². The van der Waals surface area contributed by atoms with Crippen molar-refractivity contribution >= 4 is 5.91 Å². The average molecular weight is 281 g/mol. The summed E-state index contributed by atoms with van der Waals surface area (Å²) in [5.41, 5.74) is 0.277. The molecule has 0 spiro atoms. The molecular formula is C16H31N3O. The van der Waals surface area contributed by atoms with Crippen molar-refractivity contribution in [3.8, 4) is 0 Å². The fraction of sp³-hybridized carbons (Fsp3) is 0.938. The molecule has 2 N–H and O–H groups in total. The van der Waals surface area contributed by atoms with Crippen LogP contribution >= 0.6 is 0 Å². The lowest BCUT2D eigenvalue weighted by Gasteiger charge is -2.48. The normalized spacial score (nSPS) is 24.2. The molecule has 4 heteroatoms. The molecular weight excluding hydrogens is 250 g/mol. The van der Waals surface area contributed by atoms with Gasteiger partial charge in [-0.2, -0.15) is 0 Å². The van der Waals surface area contributed by atoms with Gasteiger partial charge < -0.3 is 15.5 Å². The number of nitrogens with one attached hydrogen (secondary N) is 2. The molecule has 1 atom stereocenters. The van der Waals surface area contributed by atoms with Gasteiger partial charge in [0.15, 0.2) is 0 Å². The second kappa shape index (κ2) is 6.90. The summed E-state index contributed by atoms with van der Waals surface area (Å²) in [6.07, 6.45) is 9.94. The van der Waals surface area contributed by atoms with Gasteiger partial charge in [0.25, 0.3) is 0 Å². The van der Waals surface area contributed by atoms with Crippen molar-refractivity contribution in [3.05, 3.63) is 0 Å². The van der Waals surface area contributed by atoms with E-state index in [1.807, 2.05) is 6.92 Å². The van der Waals surface area contributed by atoms with Gasteiger partial charge in [-0.25, -0.2) is 0 Å². The number of rotatable bonds is 6. The molecule has 1 unspecified atom stereocenters. The number of likely N-dealkylation sites (N-methyl/N-ethyl adjacent to an activating group) is 1.